The van der Waals surface area contributed by atoms with E-state index in [0.717, 1.165) is 5.56 Å². The Morgan fingerprint density at radius 2 is 1.84 bits per heavy atom. The topological polar surface area (TPSA) is 91.7 Å². The second-order valence-electron chi connectivity index (χ2n) is 4.26. The smallest absolute Gasteiger partial charge is 0.305 e. The van der Waals surface area contributed by atoms with E-state index in [1.54, 1.807) is 12.1 Å². The summed E-state index contributed by atoms with van der Waals surface area (Å²) >= 11 is 5.78. The van der Waals surface area contributed by atoms with Crippen molar-refractivity contribution in [1.29, 1.82) is 0 Å². The summed E-state index contributed by atoms with van der Waals surface area (Å²) in [5.74, 6) is -1.20. The van der Waals surface area contributed by atoms with Crippen LogP contribution in [0.25, 0.3) is 0 Å². The maximum absolute atomic E-state index is 12.1. The average molecular weight is 307 g/mol. The van der Waals surface area contributed by atoms with Crippen LogP contribution in [0.2, 0.25) is 0 Å². The standard InChI is InChI=1S/C12H15ClO5S/c1-8-2-4-10(5-3-8)19(17,18)11(13)6-9(14)7-12(15)16/h2-5,9,11,14H,6-7H2,1H3,(H,15,16). The summed E-state index contributed by atoms with van der Waals surface area (Å²) in [6, 6.07) is 6.15. The Balaban J connectivity index is 2.82. The Morgan fingerprint density at radius 3 is 2.32 bits per heavy atom. The Bertz CT molecular complexity index is 538. The van der Waals surface area contributed by atoms with E-state index in [4.69, 9.17) is 16.7 Å². The van der Waals surface area contributed by atoms with E-state index in [0.29, 0.717) is 0 Å². The number of aliphatic hydroxyl groups is 1. The summed E-state index contributed by atoms with van der Waals surface area (Å²) in [7, 11) is -3.77. The van der Waals surface area contributed by atoms with Gasteiger partial charge in [0.05, 0.1) is 17.4 Å². The van der Waals surface area contributed by atoms with E-state index in [2.05, 4.69) is 0 Å². The van der Waals surface area contributed by atoms with Crippen molar-refractivity contribution in [3.63, 3.8) is 0 Å². The minimum atomic E-state index is -3.77. The molecule has 0 saturated heterocycles. The number of aliphatic carboxylic acids is 1. The fourth-order valence-electron chi connectivity index (χ4n) is 1.50. The number of alkyl halides is 1. The number of aliphatic hydroxyl groups excluding tert-OH is 1. The first-order valence-electron chi connectivity index (χ1n) is 5.58. The van der Waals surface area contributed by atoms with Gasteiger partial charge in [-0.2, -0.15) is 0 Å². The van der Waals surface area contributed by atoms with Crippen molar-refractivity contribution < 1.29 is 23.4 Å². The van der Waals surface area contributed by atoms with Crippen LogP contribution in [0.15, 0.2) is 29.2 Å². The highest BCUT2D eigenvalue weighted by atomic mass is 35.5. The van der Waals surface area contributed by atoms with Gasteiger partial charge in [0.15, 0.2) is 9.84 Å². The highest BCUT2D eigenvalue weighted by Gasteiger charge is 2.28. The van der Waals surface area contributed by atoms with Crippen LogP contribution >= 0.6 is 11.6 Å². The maximum Gasteiger partial charge on any atom is 0.305 e. The van der Waals surface area contributed by atoms with Crippen molar-refractivity contribution in [3.8, 4) is 0 Å². The molecule has 19 heavy (non-hydrogen) atoms. The molecule has 1 rings (SSSR count). The predicted octanol–water partition coefficient (Wildman–Crippen LogP) is 1.56. The highest BCUT2D eigenvalue weighted by molar-refractivity contribution is 7.93. The lowest BCUT2D eigenvalue weighted by Gasteiger charge is -2.14. The van der Waals surface area contributed by atoms with Gasteiger partial charge in [0.1, 0.15) is 4.71 Å². The third kappa shape index (κ3) is 4.49. The van der Waals surface area contributed by atoms with Crippen LogP contribution < -0.4 is 0 Å². The number of carboxylic acid groups (broad SMARTS) is 1. The summed E-state index contributed by atoms with van der Waals surface area (Å²) < 4.78 is 22.8. The number of halogens is 1. The number of carbonyl (C=O) groups is 1. The molecule has 1 aromatic carbocycles. The number of benzene rings is 1. The van der Waals surface area contributed by atoms with Crippen LogP contribution in [0.1, 0.15) is 18.4 Å². The van der Waals surface area contributed by atoms with E-state index in [-0.39, 0.29) is 11.3 Å². The van der Waals surface area contributed by atoms with Crippen molar-refractivity contribution in [1.82, 2.24) is 0 Å². The van der Waals surface area contributed by atoms with Crippen LogP contribution in [0.4, 0.5) is 0 Å². The molecule has 0 amide bonds. The molecule has 0 aromatic heterocycles. The van der Waals surface area contributed by atoms with Crippen molar-refractivity contribution in [2.75, 3.05) is 0 Å². The average Bonchev–Trinajstić information content (AvgIpc) is 2.28. The van der Waals surface area contributed by atoms with E-state index < -0.39 is 33.0 Å². The van der Waals surface area contributed by atoms with Gasteiger partial charge in [-0.25, -0.2) is 8.42 Å². The van der Waals surface area contributed by atoms with Gasteiger partial charge >= 0.3 is 5.97 Å². The van der Waals surface area contributed by atoms with Crippen molar-refractivity contribution in [2.45, 2.75) is 35.5 Å². The summed E-state index contributed by atoms with van der Waals surface area (Å²) in [4.78, 5) is 10.5. The third-order valence-corrected chi connectivity index (χ3v) is 5.23. The minimum absolute atomic E-state index is 0.0561. The molecule has 5 nitrogen and oxygen atoms in total. The van der Waals surface area contributed by atoms with Gasteiger partial charge in [-0.05, 0) is 19.1 Å². The number of rotatable bonds is 6. The molecular weight excluding hydrogens is 292 g/mol. The van der Waals surface area contributed by atoms with E-state index in [1.165, 1.54) is 12.1 Å². The van der Waals surface area contributed by atoms with E-state index in [9.17, 15) is 18.3 Å². The number of hydrogen-bond acceptors (Lipinski definition) is 4. The predicted molar refractivity (Wildman–Crippen MR) is 70.9 cm³/mol. The van der Waals surface area contributed by atoms with Gasteiger partial charge in [0.2, 0.25) is 0 Å². The molecule has 2 unspecified atom stereocenters. The van der Waals surface area contributed by atoms with Gasteiger partial charge in [-0.3, -0.25) is 4.79 Å². The van der Waals surface area contributed by atoms with Crippen LogP contribution in [0.3, 0.4) is 0 Å². The number of aryl methyl sites for hydroxylation is 1. The molecule has 1 aromatic rings. The van der Waals surface area contributed by atoms with Gasteiger partial charge in [0.25, 0.3) is 0 Å². The molecule has 0 aliphatic carbocycles. The molecule has 2 N–H and O–H groups in total. The van der Waals surface area contributed by atoms with Crippen molar-refractivity contribution in [3.05, 3.63) is 29.8 Å². The second kappa shape index (κ2) is 6.36. The van der Waals surface area contributed by atoms with Gasteiger partial charge < -0.3 is 10.2 Å². The first kappa shape index (κ1) is 15.9. The quantitative estimate of drug-likeness (QED) is 0.778. The molecular formula is C12H15ClO5S. The van der Waals surface area contributed by atoms with Crippen LogP contribution in [0, 0.1) is 6.92 Å². The fourth-order valence-corrected chi connectivity index (χ4v) is 3.30. The molecule has 0 bridgehead atoms. The molecule has 0 heterocycles. The normalized spacial score (nSPS) is 14.9. The Labute approximate surface area is 116 Å². The number of carboxylic acids is 1. The second-order valence-corrected chi connectivity index (χ2v) is 7.17. The van der Waals surface area contributed by atoms with E-state index >= 15 is 0 Å². The fraction of sp³-hybridized carbons (Fsp3) is 0.417. The highest BCUT2D eigenvalue weighted by Crippen LogP contribution is 2.23. The zero-order valence-corrected chi connectivity index (χ0v) is 11.9. The van der Waals surface area contributed by atoms with E-state index in [1.807, 2.05) is 6.92 Å². The Hall–Kier alpha value is -1.11. The van der Waals surface area contributed by atoms with Crippen LogP contribution in [0.5, 0.6) is 0 Å². The summed E-state index contributed by atoms with van der Waals surface area (Å²) in [6.45, 7) is 1.82. The zero-order chi connectivity index (χ0) is 14.6. The van der Waals surface area contributed by atoms with Crippen LogP contribution in [-0.4, -0.2) is 35.4 Å². The molecule has 0 aliphatic heterocycles. The molecule has 106 valence electrons. The monoisotopic (exact) mass is 306 g/mol. The largest absolute Gasteiger partial charge is 0.481 e. The maximum atomic E-state index is 12.1. The molecule has 2 atom stereocenters. The zero-order valence-electron chi connectivity index (χ0n) is 10.3. The molecule has 0 saturated carbocycles. The third-order valence-electron chi connectivity index (χ3n) is 2.55. The summed E-state index contributed by atoms with van der Waals surface area (Å²) in [6.07, 6.45) is -2.16. The molecule has 7 heteroatoms. The van der Waals surface area contributed by atoms with Crippen LogP contribution in [-0.2, 0) is 14.6 Å². The number of hydrogen-bond donors (Lipinski definition) is 2. The molecule has 0 radical (unpaired) electrons. The number of sulfone groups is 1. The summed E-state index contributed by atoms with van der Waals surface area (Å²) in [5.41, 5.74) is 0.913. The first-order valence-corrected chi connectivity index (χ1v) is 7.56. The van der Waals surface area contributed by atoms with Gasteiger partial charge in [-0.1, -0.05) is 17.7 Å². The lowest BCUT2D eigenvalue weighted by atomic mass is 10.2. The van der Waals surface area contributed by atoms with Gasteiger partial charge in [-0.15, -0.1) is 11.6 Å². The van der Waals surface area contributed by atoms with Crippen molar-refractivity contribution in [2.24, 2.45) is 0 Å². The summed E-state index contributed by atoms with van der Waals surface area (Å²) in [5, 5.41) is 17.9. The molecule has 0 fully saturated rings. The lowest BCUT2D eigenvalue weighted by Crippen LogP contribution is -2.23. The van der Waals surface area contributed by atoms with Gasteiger partial charge in [0, 0.05) is 6.42 Å². The first-order chi connectivity index (χ1) is 8.73. The minimum Gasteiger partial charge on any atom is -0.481 e. The van der Waals surface area contributed by atoms with Crippen molar-refractivity contribution >= 4 is 27.4 Å². The lowest BCUT2D eigenvalue weighted by molar-refractivity contribution is -0.139. The SMILES string of the molecule is Cc1ccc(S(=O)(=O)C(Cl)CC(O)CC(=O)O)cc1. The Morgan fingerprint density at radius 1 is 1.32 bits per heavy atom. The molecule has 0 aliphatic rings. The molecule has 0 spiro atoms. The Kier molecular flexibility index (Phi) is 5.34.